The van der Waals surface area contributed by atoms with Crippen molar-refractivity contribution in [3.63, 3.8) is 0 Å². The van der Waals surface area contributed by atoms with Crippen LogP contribution in [0.1, 0.15) is 13.3 Å². The molecule has 0 amide bonds. The van der Waals surface area contributed by atoms with Crippen LogP contribution in [0.15, 0.2) is 40.2 Å². The summed E-state index contributed by atoms with van der Waals surface area (Å²) >= 11 is 0. The van der Waals surface area contributed by atoms with E-state index in [1.54, 1.807) is 51.8 Å². The first-order valence-electron chi connectivity index (χ1n) is 9.82. The summed E-state index contributed by atoms with van der Waals surface area (Å²) in [5.74, 6) is 3.25. The Hall–Kier alpha value is -3.07. The van der Waals surface area contributed by atoms with Crippen molar-refractivity contribution < 1.29 is 24.1 Å². The van der Waals surface area contributed by atoms with Gasteiger partial charge < -0.3 is 29.0 Å². The number of methoxy groups -OCH3 is 3. The lowest BCUT2D eigenvalue weighted by atomic mass is 10.2. The third-order valence-electron chi connectivity index (χ3n) is 4.78. The molecule has 1 atom stereocenters. The first kappa shape index (κ1) is 22.6. The van der Waals surface area contributed by atoms with Crippen LogP contribution in [0.3, 0.4) is 0 Å². The number of benzene rings is 1. The maximum atomic E-state index is 12.9. The largest absolute Gasteiger partial charge is 0.868 e. The summed E-state index contributed by atoms with van der Waals surface area (Å²) < 4.78 is 21.9. The second-order valence-electron chi connectivity index (χ2n) is 6.56. The molecule has 0 spiro atoms. The van der Waals surface area contributed by atoms with Crippen LogP contribution in [0.4, 0.5) is 0 Å². The molecule has 3 aromatic rings. The Labute approximate surface area is 183 Å². The molecule has 2 heterocycles. The highest BCUT2D eigenvalue weighted by Gasteiger charge is 2.25. The average Bonchev–Trinajstić information content (AvgIpc) is 2.79. The molecule has 1 aromatic carbocycles. The molecule has 3 rings (SSSR count). The van der Waals surface area contributed by atoms with E-state index in [-0.39, 0.29) is 11.3 Å². The number of nitrogens with zero attached hydrogens (tertiary/aromatic N) is 1. The van der Waals surface area contributed by atoms with Gasteiger partial charge in [0.15, 0.2) is 11.5 Å². The zero-order valence-electron chi connectivity index (χ0n) is 18.0. The summed E-state index contributed by atoms with van der Waals surface area (Å²) in [7, 11) is 4.15. The lowest BCUT2D eigenvalue weighted by Gasteiger charge is -2.16. The first-order valence-corrected chi connectivity index (χ1v) is 11.4. The zero-order chi connectivity index (χ0) is 22.4. The highest BCUT2D eigenvalue weighted by molar-refractivity contribution is 7.97. The Morgan fingerprint density at radius 1 is 1.13 bits per heavy atom. The molecule has 0 aliphatic rings. The highest BCUT2D eigenvalue weighted by Crippen LogP contribution is 2.40. The van der Waals surface area contributed by atoms with Crippen molar-refractivity contribution in [3.05, 3.63) is 40.8 Å². The van der Waals surface area contributed by atoms with Gasteiger partial charge in [-0.3, -0.25) is 4.79 Å². The molecule has 0 radical (unpaired) electrons. The number of rotatable bonds is 10. The number of aromatic nitrogens is 2. The molecule has 0 saturated heterocycles. The Kier molecular flexibility index (Phi) is 7.51. The monoisotopic (exact) mass is 446 g/mol. The number of H-pyrrole nitrogens is 1. The van der Waals surface area contributed by atoms with Crippen molar-refractivity contribution in [2.45, 2.75) is 18.2 Å². The molecule has 1 unspecified atom stereocenters. The maximum Gasteiger partial charge on any atom is 0.304 e. The number of ether oxygens (including phenoxy) is 4. The number of aromatic amines is 1. The fourth-order valence-corrected chi connectivity index (χ4v) is 5.23. The summed E-state index contributed by atoms with van der Waals surface area (Å²) in [6.07, 6.45) is 2.23. The van der Waals surface area contributed by atoms with Gasteiger partial charge in [0.2, 0.25) is 10.6 Å². The molecule has 166 valence electrons. The summed E-state index contributed by atoms with van der Waals surface area (Å²) in [5.41, 5.74) is -0.0291. The van der Waals surface area contributed by atoms with Gasteiger partial charge in [-0.15, -0.1) is 0 Å². The predicted octanol–water partition coefficient (Wildman–Crippen LogP) is 2.49. The van der Waals surface area contributed by atoms with Gasteiger partial charge in [0, 0.05) is 41.0 Å². The van der Waals surface area contributed by atoms with Gasteiger partial charge in [0.1, 0.15) is 22.9 Å². The molecule has 0 saturated carbocycles. The molecular formula is C22H26N2O6S. The molecule has 0 aliphatic carbocycles. The molecule has 1 N–H and O–H groups in total. The topological polar surface area (TPSA) is 106 Å². The number of pyridine rings is 2. The van der Waals surface area contributed by atoms with Crippen molar-refractivity contribution in [2.24, 2.45) is 0 Å². The number of fused-ring (bicyclic) bond motifs is 1. The van der Waals surface area contributed by atoms with E-state index in [9.17, 15) is 9.90 Å². The minimum absolute atomic E-state index is 0.234. The summed E-state index contributed by atoms with van der Waals surface area (Å²) in [5, 5.41) is 13.3. The maximum absolute atomic E-state index is 12.9. The Bertz CT molecular complexity index is 1080. The predicted molar refractivity (Wildman–Crippen MR) is 119 cm³/mol. The van der Waals surface area contributed by atoms with E-state index in [1.807, 2.05) is 6.92 Å². The molecule has 8 nitrogen and oxygen atoms in total. The number of hydrogen-bond acceptors (Lipinski definition) is 7. The lowest BCUT2D eigenvalue weighted by Crippen LogP contribution is -2.25. The minimum Gasteiger partial charge on any atom is -0.868 e. The van der Waals surface area contributed by atoms with Crippen LogP contribution < -0.4 is 29.6 Å². The van der Waals surface area contributed by atoms with Gasteiger partial charge in [-0.05, 0) is 18.7 Å². The van der Waals surface area contributed by atoms with Gasteiger partial charge in [-0.1, -0.05) is 6.07 Å². The SMILES string of the molecule is CC[S+](CCCOc1cc(OC)c(OC)c(OC)c1)c1c([O-])c2cccnc2[nH]c1=O. The van der Waals surface area contributed by atoms with Crippen LogP contribution in [0, 0.1) is 0 Å². The van der Waals surface area contributed by atoms with Crippen LogP contribution in [-0.4, -0.2) is 49.4 Å². The second kappa shape index (κ2) is 10.3. The van der Waals surface area contributed by atoms with Gasteiger partial charge in [0.05, 0.1) is 27.9 Å². The van der Waals surface area contributed by atoms with Gasteiger partial charge in [0.25, 0.3) is 0 Å². The first-order chi connectivity index (χ1) is 15.0. The van der Waals surface area contributed by atoms with Crippen molar-refractivity contribution in [3.8, 4) is 28.7 Å². The number of hydrogen-bond donors (Lipinski definition) is 1. The Balaban J connectivity index is 1.70. The molecule has 0 bridgehead atoms. The van der Waals surface area contributed by atoms with E-state index < -0.39 is 10.9 Å². The minimum atomic E-state index is -0.482. The molecule has 0 fully saturated rings. The van der Waals surface area contributed by atoms with Crippen LogP contribution in [0.2, 0.25) is 0 Å². The summed E-state index contributed by atoms with van der Waals surface area (Å²) in [4.78, 5) is 19.7. The van der Waals surface area contributed by atoms with E-state index in [0.29, 0.717) is 63.5 Å². The van der Waals surface area contributed by atoms with E-state index in [0.717, 1.165) is 0 Å². The molecular weight excluding hydrogens is 420 g/mol. The standard InChI is InChI=1S/C22H26N2O6S/c1-5-31(20-18(25)15-8-6-9-23-21(15)24-22(20)26)11-7-10-30-14-12-16(27-2)19(29-4)17(13-14)28-3/h6,8-9,12-13H,5,7,10-11H2,1-4H3,(H-,23,24,25,26). The van der Waals surface area contributed by atoms with Crippen molar-refractivity contribution >= 4 is 21.9 Å². The normalized spacial score (nSPS) is 11.9. The fourth-order valence-electron chi connectivity index (χ4n) is 3.29. The Morgan fingerprint density at radius 2 is 1.84 bits per heavy atom. The lowest BCUT2D eigenvalue weighted by molar-refractivity contribution is -0.270. The van der Waals surface area contributed by atoms with E-state index in [4.69, 9.17) is 18.9 Å². The summed E-state index contributed by atoms with van der Waals surface area (Å²) in [6, 6.07) is 6.85. The van der Waals surface area contributed by atoms with E-state index in [2.05, 4.69) is 9.97 Å². The van der Waals surface area contributed by atoms with Crippen LogP contribution in [-0.2, 0) is 10.9 Å². The van der Waals surface area contributed by atoms with Gasteiger partial charge in [-0.25, -0.2) is 4.98 Å². The third kappa shape index (κ3) is 4.82. The second-order valence-corrected chi connectivity index (χ2v) is 8.94. The molecule has 31 heavy (non-hydrogen) atoms. The zero-order valence-corrected chi connectivity index (χ0v) is 18.8. The fraction of sp³-hybridized carbons (Fsp3) is 0.364. The van der Waals surface area contributed by atoms with E-state index >= 15 is 0 Å². The van der Waals surface area contributed by atoms with Gasteiger partial charge in [-0.2, -0.15) is 0 Å². The van der Waals surface area contributed by atoms with Crippen molar-refractivity contribution in [2.75, 3.05) is 39.4 Å². The van der Waals surface area contributed by atoms with Crippen molar-refractivity contribution in [1.29, 1.82) is 0 Å². The smallest absolute Gasteiger partial charge is 0.304 e. The average molecular weight is 447 g/mol. The molecule has 2 aromatic heterocycles. The van der Waals surface area contributed by atoms with Gasteiger partial charge >= 0.3 is 5.56 Å². The molecule has 9 heteroatoms. The van der Waals surface area contributed by atoms with Crippen molar-refractivity contribution in [1.82, 2.24) is 9.97 Å². The number of nitrogens with one attached hydrogen (secondary N) is 1. The summed E-state index contributed by atoms with van der Waals surface area (Å²) in [6.45, 7) is 2.40. The Morgan fingerprint density at radius 3 is 2.45 bits per heavy atom. The van der Waals surface area contributed by atoms with Crippen LogP contribution >= 0.6 is 0 Å². The highest BCUT2D eigenvalue weighted by atomic mass is 32.2. The molecule has 0 aliphatic heterocycles. The van der Waals surface area contributed by atoms with Crippen LogP contribution in [0.25, 0.3) is 11.0 Å². The quantitative estimate of drug-likeness (QED) is 0.377. The van der Waals surface area contributed by atoms with Crippen LogP contribution in [0.5, 0.6) is 28.7 Å². The van der Waals surface area contributed by atoms with E-state index in [1.165, 1.54) is 0 Å². The third-order valence-corrected chi connectivity index (χ3v) is 7.20.